The smallest absolute Gasteiger partial charge is 0.135 e. The highest BCUT2D eigenvalue weighted by Crippen LogP contribution is 2.28. The Morgan fingerprint density at radius 1 is 1.32 bits per heavy atom. The lowest BCUT2D eigenvalue weighted by atomic mass is 10.0. The van der Waals surface area contributed by atoms with Crippen LogP contribution in [0, 0.1) is 18.6 Å². The zero-order valence-corrected chi connectivity index (χ0v) is 10.9. The van der Waals surface area contributed by atoms with Gasteiger partial charge in [-0.25, -0.2) is 8.78 Å². The molecular formula is C14H16F2N2O. The summed E-state index contributed by atoms with van der Waals surface area (Å²) in [5.41, 5.74) is 0.375. The topological polar surface area (TPSA) is 38.0 Å². The van der Waals surface area contributed by atoms with Gasteiger partial charge in [-0.1, -0.05) is 13.0 Å². The van der Waals surface area contributed by atoms with E-state index < -0.39 is 17.7 Å². The van der Waals surface area contributed by atoms with Gasteiger partial charge in [-0.2, -0.15) is 5.10 Å². The molecule has 0 fully saturated rings. The van der Waals surface area contributed by atoms with Crippen LogP contribution in [0.25, 0.3) is 0 Å². The first-order chi connectivity index (χ1) is 9.06. The summed E-state index contributed by atoms with van der Waals surface area (Å²) < 4.78 is 29.3. The molecule has 2 aromatic rings. The summed E-state index contributed by atoms with van der Waals surface area (Å²) in [4.78, 5) is 0. The van der Waals surface area contributed by atoms with Crippen molar-refractivity contribution < 1.29 is 13.9 Å². The molecule has 0 aliphatic carbocycles. The van der Waals surface area contributed by atoms with Crippen LogP contribution in [-0.4, -0.2) is 14.9 Å². The average Bonchev–Trinajstić information content (AvgIpc) is 2.83. The Bertz CT molecular complexity index is 581. The van der Waals surface area contributed by atoms with Crippen molar-refractivity contribution in [1.29, 1.82) is 0 Å². The fraction of sp³-hybridized carbons (Fsp3) is 0.357. The van der Waals surface area contributed by atoms with E-state index in [0.29, 0.717) is 17.8 Å². The summed E-state index contributed by atoms with van der Waals surface area (Å²) in [6.45, 7) is 4.09. The van der Waals surface area contributed by atoms with Gasteiger partial charge >= 0.3 is 0 Å². The second-order valence-corrected chi connectivity index (χ2v) is 4.47. The van der Waals surface area contributed by atoms with Crippen molar-refractivity contribution in [1.82, 2.24) is 9.78 Å². The molecule has 0 spiro atoms. The third-order valence-electron chi connectivity index (χ3n) is 3.06. The van der Waals surface area contributed by atoms with Gasteiger partial charge in [0.15, 0.2) is 0 Å². The number of benzene rings is 1. The quantitative estimate of drug-likeness (QED) is 0.924. The van der Waals surface area contributed by atoms with E-state index in [2.05, 4.69) is 5.10 Å². The molecule has 1 aromatic heterocycles. The summed E-state index contributed by atoms with van der Waals surface area (Å²) in [5, 5.41) is 14.3. The van der Waals surface area contributed by atoms with E-state index in [9.17, 15) is 13.9 Å². The monoisotopic (exact) mass is 266 g/mol. The predicted octanol–water partition coefficient (Wildman–Crippen LogP) is 2.96. The third kappa shape index (κ3) is 2.51. The zero-order valence-electron chi connectivity index (χ0n) is 10.9. The van der Waals surface area contributed by atoms with Crippen molar-refractivity contribution in [2.45, 2.75) is 32.9 Å². The van der Waals surface area contributed by atoms with Gasteiger partial charge in [0.1, 0.15) is 17.7 Å². The molecule has 0 aliphatic rings. The molecule has 0 saturated carbocycles. The van der Waals surface area contributed by atoms with E-state index in [4.69, 9.17) is 0 Å². The Labute approximate surface area is 110 Å². The maximum Gasteiger partial charge on any atom is 0.135 e. The van der Waals surface area contributed by atoms with Gasteiger partial charge in [0, 0.05) is 12.7 Å². The van der Waals surface area contributed by atoms with Crippen molar-refractivity contribution in [2.75, 3.05) is 0 Å². The normalized spacial score (nSPS) is 12.7. The van der Waals surface area contributed by atoms with Gasteiger partial charge in [-0.05, 0) is 31.0 Å². The first-order valence-electron chi connectivity index (χ1n) is 6.20. The first kappa shape index (κ1) is 13.7. The van der Waals surface area contributed by atoms with Gasteiger partial charge in [0.2, 0.25) is 0 Å². The lowest BCUT2D eigenvalue weighted by molar-refractivity contribution is 0.196. The Kier molecular flexibility index (Phi) is 3.95. The number of aryl methyl sites for hydroxylation is 2. The van der Waals surface area contributed by atoms with E-state index in [1.807, 2.05) is 6.92 Å². The van der Waals surface area contributed by atoms with Crippen LogP contribution in [0.2, 0.25) is 0 Å². The molecule has 19 heavy (non-hydrogen) atoms. The minimum atomic E-state index is -1.35. The molecule has 2 rings (SSSR count). The van der Waals surface area contributed by atoms with Crippen LogP contribution in [0.4, 0.5) is 8.78 Å². The summed E-state index contributed by atoms with van der Waals surface area (Å²) in [6, 6.07) is 4.09. The number of halogens is 2. The maximum absolute atomic E-state index is 14.0. The van der Waals surface area contributed by atoms with Crippen LogP contribution in [0.1, 0.15) is 36.3 Å². The lowest BCUT2D eigenvalue weighted by Gasteiger charge is -2.15. The van der Waals surface area contributed by atoms with E-state index in [1.165, 1.54) is 19.2 Å². The van der Waals surface area contributed by atoms with E-state index >= 15 is 0 Å². The van der Waals surface area contributed by atoms with Crippen LogP contribution in [0.3, 0.4) is 0 Å². The molecule has 0 radical (unpaired) electrons. The third-order valence-corrected chi connectivity index (χ3v) is 3.06. The van der Waals surface area contributed by atoms with E-state index in [0.717, 1.165) is 12.5 Å². The molecule has 5 heteroatoms. The molecule has 0 amide bonds. The SMILES string of the molecule is CCCn1nccc1C(O)c1c(F)ccc(C)c1F. The average molecular weight is 266 g/mol. The second kappa shape index (κ2) is 5.48. The molecule has 0 saturated heterocycles. The highest BCUT2D eigenvalue weighted by molar-refractivity contribution is 5.32. The molecule has 3 nitrogen and oxygen atoms in total. The van der Waals surface area contributed by atoms with E-state index in [-0.39, 0.29) is 5.56 Å². The Hall–Kier alpha value is -1.75. The highest BCUT2D eigenvalue weighted by atomic mass is 19.1. The molecule has 1 N–H and O–H groups in total. The van der Waals surface area contributed by atoms with Crippen molar-refractivity contribution in [3.05, 3.63) is 52.9 Å². The first-order valence-corrected chi connectivity index (χ1v) is 6.20. The molecular weight excluding hydrogens is 250 g/mol. The van der Waals surface area contributed by atoms with Crippen molar-refractivity contribution in [2.24, 2.45) is 0 Å². The van der Waals surface area contributed by atoms with Gasteiger partial charge in [0.05, 0.1) is 11.3 Å². The number of hydrogen-bond donors (Lipinski definition) is 1. The Morgan fingerprint density at radius 3 is 2.74 bits per heavy atom. The maximum atomic E-state index is 14.0. The predicted molar refractivity (Wildman–Crippen MR) is 67.7 cm³/mol. The molecule has 0 bridgehead atoms. The van der Waals surface area contributed by atoms with Crippen LogP contribution < -0.4 is 0 Å². The lowest BCUT2D eigenvalue weighted by Crippen LogP contribution is -2.13. The van der Waals surface area contributed by atoms with Crippen LogP contribution in [-0.2, 0) is 6.54 Å². The van der Waals surface area contributed by atoms with Gasteiger partial charge < -0.3 is 5.11 Å². The summed E-state index contributed by atoms with van der Waals surface area (Å²) in [7, 11) is 0. The van der Waals surface area contributed by atoms with Crippen molar-refractivity contribution in [3.8, 4) is 0 Å². The standard InChI is InChI=1S/C14H16F2N2O/c1-3-8-18-11(6-7-17-18)14(19)12-10(15)5-4-9(2)13(12)16/h4-7,14,19H,3,8H2,1-2H3. The Balaban J connectivity index is 2.47. The van der Waals surface area contributed by atoms with E-state index in [1.54, 1.807) is 10.7 Å². The van der Waals surface area contributed by atoms with Crippen LogP contribution >= 0.6 is 0 Å². The molecule has 102 valence electrons. The van der Waals surface area contributed by atoms with Crippen molar-refractivity contribution >= 4 is 0 Å². The molecule has 1 unspecified atom stereocenters. The Morgan fingerprint density at radius 2 is 2.05 bits per heavy atom. The number of hydrogen-bond acceptors (Lipinski definition) is 2. The minimum absolute atomic E-state index is 0.303. The van der Waals surface area contributed by atoms with Crippen LogP contribution in [0.5, 0.6) is 0 Å². The molecule has 1 aromatic carbocycles. The van der Waals surface area contributed by atoms with Gasteiger partial charge in [-0.15, -0.1) is 0 Å². The summed E-state index contributed by atoms with van der Waals surface area (Å²) >= 11 is 0. The van der Waals surface area contributed by atoms with Gasteiger partial charge in [-0.3, -0.25) is 4.68 Å². The minimum Gasteiger partial charge on any atom is -0.382 e. The molecule has 1 atom stereocenters. The highest BCUT2D eigenvalue weighted by Gasteiger charge is 2.23. The zero-order chi connectivity index (χ0) is 14.0. The summed E-state index contributed by atoms with van der Waals surface area (Å²) in [6.07, 6.45) is 0.981. The number of aliphatic hydroxyl groups excluding tert-OH is 1. The molecule has 1 heterocycles. The fourth-order valence-corrected chi connectivity index (χ4v) is 2.05. The largest absolute Gasteiger partial charge is 0.382 e. The fourth-order valence-electron chi connectivity index (χ4n) is 2.05. The summed E-state index contributed by atoms with van der Waals surface area (Å²) in [5.74, 6) is -1.46. The van der Waals surface area contributed by atoms with Crippen LogP contribution in [0.15, 0.2) is 24.4 Å². The number of aromatic nitrogens is 2. The number of nitrogens with zero attached hydrogens (tertiary/aromatic N) is 2. The van der Waals surface area contributed by atoms with Gasteiger partial charge in [0.25, 0.3) is 0 Å². The molecule has 0 aliphatic heterocycles. The number of rotatable bonds is 4. The number of aliphatic hydroxyl groups is 1. The second-order valence-electron chi connectivity index (χ2n) is 4.47. The van der Waals surface area contributed by atoms with Crippen molar-refractivity contribution in [3.63, 3.8) is 0 Å².